The van der Waals surface area contributed by atoms with Crippen molar-refractivity contribution >= 4 is 10.8 Å². The quantitative estimate of drug-likeness (QED) is 0.431. The molecule has 22 heavy (non-hydrogen) atoms. The summed E-state index contributed by atoms with van der Waals surface area (Å²) in [5.74, 6) is -0.343. The van der Waals surface area contributed by atoms with E-state index < -0.39 is 42.3 Å². The lowest BCUT2D eigenvalue weighted by atomic mass is 10.1. The topological polar surface area (TPSA) is 145 Å². The van der Waals surface area contributed by atoms with Crippen LogP contribution in [-0.2, 0) is 4.74 Å². The standard InChI is InChI=1S/C13H14N2O7/c16-4-7-9(18)10(19)13(22-7)15-12(21)5-2-1-3-6(17)8(5)11(20)14-15/h1-3,7,9-10,13,16-19H,4H2,(H,14,20)/t7-,9-,10-,13-/m1/s1. The number of benzene rings is 1. The number of hydrogen-bond donors (Lipinski definition) is 5. The number of fused-ring (bicyclic) bond motifs is 1. The Bertz CT molecular complexity index is 827. The van der Waals surface area contributed by atoms with Crippen LogP contribution >= 0.6 is 0 Å². The van der Waals surface area contributed by atoms with Crippen LogP contribution in [0.4, 0.5) is 0 Å². The minimum atomic E-state index is -1.50. The normalized spacial score (nSPS) is 28.3. The van der Waals surface area contributed by atoms with Crippen LogP contribution in [0.3, 0.4) is 0 Å². The maximum absolute atomic E-state index is 12.4. The summed E-state index contributed by atoms with van der Waals surface area (Å²) >= 11 is 0. The molecule has 118 valence electrons. The molecule has 4 atom stereocenters. The van der Waals surface area contributed by atoms with Gasteiger partial charge in [-0.3, -0.25) is 14.7 Å². The van der Waals surface area contributed by atoms with E-state index in [1.54, 1.807) is 0 Å². The van der Waals surface area contributed by atoms with Crippen LogP contribution < -0.4 is 11.1 Å². The third kappa shape index (κ3) is 2.03. The van der Waals surface area contributed by atoms with Crippen LogP contribution in [0.1, 0.15) is 6.23 Å². The zero-order valence-electron chi connectivity index (χ0n) is 11.2. The van der Waals surface area contributed by atoms with Gasteiger partial charge in [0.15, 0.2) is 6.23 Å². The second-order valence-corrected chi connectivity index (χ2v) is 5.04. The highest BCUT2D eigenvalue weighted by Crippen LogP contribution is 2.28. The number of aromatic nitrogens is 2. The SMILES string of the molecule is O=c1[nH]n([C@@H]2O[C@H](CO)[C@@H](O)[C@H]2O)c(=O)c2cccc(O)c12. The highest BCUT2D eigenvalue weighted by atomic mass is 16.6. The fourth-order valence-electron chi connectivity index (χ4n) is 2.58. The molecule has 9 nitrogen and oxygen atoms in total. The van der Waals surface area contributed by atoms with Gasteiger partial charge in [-0.05, 0) is 12.1 Å². The summed E-state index contributed by atoms with van der Waals surface area (Å²) in [6, 6.07) is 4.03. The van der Waals surface area contributed by atoms with E-state index >= 15 is 0 Å². The van der Waals surface area contributed by atoms with Crippen molar-refractivity contribution in [2.24, 2.45) is 0 Å². The van der Waals surface area contributed by atoms with Crippen molar-refractivity contribution in [2.75, 3.05) is 6.61 Å². The second kappa shape index (κ2) is 5.21. The molecule has 1 fully saturated rings. The Morgan fingerprint density at radius 1 is 1.23 bits per heavy atom. The minimum absolute atomic E-state index is 0.0542. The lowest BCUT2D eigenvalue weighted by Crippen LogP contribution is -2.38. The average Bonchev–Trinajstić information content (AvgIpc) is 2.78. The van der Waals surface area contributed by atoms with E-state index in [-0.39, 0.29) is 16.5 Å². The third-order valence-corrected chi connectivity index (χ3v) is 3.71. The van der Waals surface area contributed by atoms with Crippen molar-refractivity contribution in [1.29, 1.82) is 0 Å². The molecule has 0 amide bonds. The number of aromatic amines is 1. The molecule has 0 radical (unpaired) electrons. The summed E-state index contributed by atoms with van der Waals surface area (Å²) in [5, 5.41) is 40.4. The number of nitrogens with one attached hydrogen (secondary N) is 1. The summed E-state index contributed by atoms with van der Waals surface area (Å²) in [5.41, 5.74) is -1.45. The van der Waals surface area contributed by atoms with Gasteiger partial charge in [0.1, 0.15) is 24.1 Å². The molecule has 0 saturated carbocycles. The van der Waals surface area contributed by atoms with Gasteiger partial charge < -0.3 is 25.2 Å². The number of phenols is 1. The zero-order chi connectivity index (χ0) is 16.0. The summed E-state index contributed by atoms with van der Waals surface area (Å²) in [6.45, 7) is -0.553. The number of nitrogens with zero attached hydrogens (tertiary/aromatic N) is 1. The fraction of sp³-hybridized carbons (Fsp3) is 0.385. The average molecular weight is 310 g/mol. The number of aliphatic hydroxyl groups is 3. The van der Waals surface area contributed by atoms with Crippen LogP contribution in [0.25, 0.3) is 10.8 Å². The highest BCUT2D eigenvalue weighted by molar-refractivity contribution is 5.86. The number of rotatable bonds is 2. The zero-order valence-corrected chi connectivity index (χ0v) is 11.2. The summed E-state index contributed by atoms with van der Waals surface area (Å²) < 4.78 is 5.96. The molecule has 0 bridgehead atoms. The highest BCUT2D eigenvalue weighted by Gasteiger charge is 2.44. The van der Waals surface area contributed by atoms with Crippen molar-refractivity contribution in [3.8, 4) is 5.75 Å². The van der Waals surface area contributed by atoms with E-state index in [4.69, 9.17) is 9.84 Å². The predicted octanol–water partition coefficient (Wildman–Crippen LogP) is -1.99. The van der Waals surface area contributed by atoms with E-state index in [0.29, 0.717) is 0 Å². The van der Waals surface area contributed by atoms with Gasteiger partial charge >= 0.3 is 0 Å². The van der Waals surface area contributed by atoms with E-state index in [9.17, 15) is 24.9 Å². The fourth-order valence-corrected chi connectivity index (χ4v) is 2.58. The van der Waals surface area contributed by atoms with Gasteiger partial charge in [0.05, 0.1) is 17.4 Å². The van der Waals surface area contributed by atoms with Gasteiger partial charge in [0.2, 0.25) is 0 Å². The number of phenolic OH excluding ortho intramolecular Hbond substituents is 1. The van der Waals surface area contributed by atoms with Crippen LogP contribution in [0.15, 0.2) is 27.8 Å². The molecule has 1 aliphatic rings. The van der Waals surface area contributed by atoms with E-state index in [1.807, 2.05) is 0 Å². The Labute approximate surface area is 122 Å². The maximum atomic E-state index is 12.4. The molecule has 1 saturated heterocycles. The summed E-state index contributed by atoms with van der Waals surface area (Å²) in [4.78, 5) is 24.5. The number of ether oxygens (including phenoxy) is 1. The van der Waals surface area contributed by atoms with E-state index in [0.717, 1.165) is 4.68 Å². The van der Waals surface area contributed by atoms with Gasteiger partial charge in [-0.25, -0.2) is 4.68 Å². The molecule has 0 aliphatic carbocycles. The van der Waals surface area contributed by atoms with Crippen molar-refractivity contribution in [3.05, 3.63) is 38.9 Å². The van der Waals surface area contributed by atoms with Crippen LogP contribution in [0.5, 0.6) is 5.75 Å². The molecule has 9 heteroatoms. The van der Waals surface area contributed by atoms with Crippen LogP contribution in [-0.4, -0.2) is 55.1 Å². The molecule has 3 rings (SSSR count). The van der Waals surface area contributed by atoms with Gasteiger partial charge in [-0.2, -0.15) is 0 Å². The van der Waals surface area contributed by atoms with E-state index in [1.165, 1.54) is 18.2 Å². The van der Waals surface area contributed by atoms with Gasteiger partial charge in [0.25, 0.3) is 11.1 Å². The number of aromatic hydroxyl groups is 1. The molecule has 2 heterocycles. The Morgan fingerprint density at radius 3 is 2.59 bits per heavy atom. The van der Waals surface area contributed by atoms with Crippen LogP contribution in [0.2, 0.25) is 0 Å². The Kier molecular flexibility index (Phi) is 3.49. The lowest BCUT2D eigenvalue weighted by molar-refractivity contribution is -0.0609. The first kappa shape index (κ1) is 14.7. The first-order chi connectivity index (χ1) is 10.5. The first-order valence-corrected chi connectivity index (χ1v) is 6.54. The van der Waals surface area contributed by atoms with Crippen molar-refractivity contribution in [3.63, 3.8) is 0 Å². The van der Waals surface area contributed by atoms with Crippen LogP contribution in [0, 0.1) is 0 Å². The Hall–Kier alpha value is -2.20. The monoisotopic (exact) mass is 310 g/mol. The van der Waals surface area contributed by atoms with Gasteiger partial charge in [0, 0.05) is 0 Å². The number of H-pyrrole nitrogens is 1. The largest absolute Gasteiger partial charge is 0.507 e. The second-order valence-electron chi connectivity index (χ2n) is 5.04. The smallest absolute Gasteiger partial charge is 0.275 e. The van der Waals surface area contributed by atoms with E-state index in [2.05, 4.69) is 5.10 Å². The van der Waals surface area contributed by atoms with Crippen molar-refractivity contribution in [1.82, 2.24) is 9.78 Å². The molecule has 2 aromatic rings. The molecule has 1 aromatic carbocycles. The maximum Gasteiger partial charge on any atom is 0.275 e. The molecular weight excluding hydrogens is 296 g/mol. The summed E-state index contributed by atoms with van der Waals surface area (Å²) in [6.07, 6.45) is -5.32. The molecular formula is C13H14N2O7. The van der Waals surface area contributed by atoms with Crippen molar-refractivity contribution < 1.29 is 25.2 Å². The Morgan fingerprint density at radius 2 is 1.95 bits per heavy atom. The van der Waals surface area contributed by atoms with Gasteiger partial charge in [-0.15, -0.1) is 0 Å². The molecule has 5 N–H and O–H groups in total. The third-order valence-electron chi connectivity index (χ3n) is 3.71. The summed E-state index contributed by atoms with van der Waals surface area (Å²) in [7, 11) is 0. The molecule has 1 aromatic heterocycles. The number of aliphatic hydroxyl groups excluding tert-OH is 3. The predicted molar refractivity (Wildman–Crippen MR) is 73.5 cm³/mol. The molecule has 0 spiro atoms. The van der Waals surface area contributed by atoms with Crippen molar-refractivity contribution in [2.45, 2.75) is 24.5 Å². The lowest BCUT2D eigenvalue weighted by Gasteiger charge is -2.17. The Balaban J connectivity index is 2.20. The minimum Gasteiger partial charge on any atom is -0.507 e. The first-order valence-electron chi connectivity index (χ1n) is 6.54. The number of hydrogen-bond acceptors (Lipinski definition) is 7. The van der Waals surface area contributed by atoms with Gasteiger partial charge in [-0.1, -0.05) is 6.07 Å². The molecule has 1 aliphatic heterocycles. The molecule has 0 unspecified atom stereocenters.